The second kappa shape index (κ2) is 6.32. The van der Waals surface area contributed by atoms with Crippen molar-refractivity contribution in [3.05, 3.63) is 39.4 Å². The summed E-state index contributed by atoms with van der Waals surface area (Å²) in [5.74, 6) is 0.604. The third-order valence-corrected chi connectivity index (χ3v) is 3.86. The summed E-state index contributed by atoms with van der Waals surface area (Å²) >= 11 is 7.19. The first kappa shape index (κ1) is 14.2. The normalized spacial score (nSPS) is 12.4. The summed E-state index contributed by atoms with van der Waals surface area (Å²) in [7, 11) is 1.57. The van der Waals surface area contributed by atoms with E-state index in [1.54, 1.807) is 25.3 Å². The Hall–Kier alpha value is -1.17. The quantitative estimate of drug-likeness (QED) is 0.921. The summed E-state index contributed by atoms with van der Waals surface area (Å²) in [5, 5.41) is 15.1. The van der Waals surface area contributed by atoms with Crippen molar-refractivity contribution in [2.24, 2.45) is 0 Å². The molecule has 1 aromatic heterocycles. The minimum Gasteiger partial charge on any atom is -0.496 e. The fraction of sp³-hybridized carbons (Fsp3) is 0.385. The minimum absolute atomic E-state index is 0.560. The number of benzene rings is 1. The highest BCUT2D eigenvalue weighted by atomic mass is 35.5. The second-order valence-corrected chi connectivity index (χ2v) is 5.34. The van der Waals surface area contributed by atoms with E-state index >= 15 is 0 Å². The molecule has 0 spiro atoms. The van der Waals surface area contributed by atoms with E-state index in [0.717, 1.165) is 23.4 Å². The zero-order valence-electron chi connectivity index (χ0n) is 10.8. The molecule has 19 heavy (non-hydrogen) atoms. The van der Waals surface area contributed by atoms with E-state index in [0.29, 0.717) is 16.3 Å². The molecule has 0 radical (unpaired) electrons. The lowest BCUT2D eigenvalue weighted by atomic mass is 10.0. The molecule has 1 heterocycles. The predicted octanol–water partition coefficient (Wildman–Crippen LogP) is 3.23. The van der Waals surface area contributed by atoms with Gasteiger partial charge in [-0.1, -0.05) is 29.4 Å². The Morgan fingerprint density at radius 3 is 2.95 bits per heavy atom. The number of aliphatic hydroxyl groups is 1. The van der Waals surface area contributed by atoms with Crippen LogP contribution >= 0.6 is 23.1 Å². The summed E-state index contributed by atoms with van der Waals surface area (Å²) in [4.78, 5) is 0.752. The standard InChI is InChI=1S/C13H15ClN2O2S/c1-3-4-10-13(19-16-15-10)12(17)9-7-8(14)5-6-11(9)18-2/h5-7,12,17H,3-4H2,1-2H3. The molecule has 0 aliphatic heterocycles. The van der Waals surface area contributed by atoms with Crippen molar-refractivity contribution in [3.63, 3.8) is 0 Å². The zero-order valence-corrected chi connectivity index (χ0v) is 12.3. The highest BCUT2D eigenvalue weighted by Crippen LogP contribution is 2.34. The summed E-state index contributed by atoms with van der Waals surface area (Å²) in [6.07, 6.45) is 0.944. The van der Waals surface area contributed by atoms with E-state index < -0.39 is 6.10 Å². The van der Waals surface area contributed by atoms with Gasteiger partial charge in [-0.2, -0.15) is 0 Å². The first-order valence-electron chi connectivity index (χ1n) is 6.00. The van der Waals surface area contributed by atoms with E-state index in [1.807, 2.05) is 0 Å². The maximum Gasteiger partial charge on any atom is 0.125 e. The van der Waals surface area contributed by atoms with Gasteiger partial charge in [0.15, 0.2) is 0 Å². The lowest BCUT2D eigenvalue weighted by molar-refractivity contribution is 0.217. The number of aryl methyl sites for hydroxylation is 1. The average Bonchev–Trinajstić information content (AvgIpc) is 2.86. The molecule has 1 aromatic carbocycles. The van der Waals surface area contributed by atoms with Crippen LogP contribution in [0.2, 0.25) is 5.02 Å². The van der Waals surface area contributed by atoms with Crippen LogP contribution in [0.15, 0.2) is 18.2 Å². The lowest BCUT2D eigenvalue weighted by Crippen LogP contribution is -2.03. The molecule has 0 fully saturated rings. The van der Waals surface area contributed by atoms with Gasteiger partial charge >= 0.3 is 0 Å². The molecule has 0 aliphatic rings. The average molecular weight is 299 g/mol. The van der Waals surface area contributed by atoms with Crippen LogP contribution in [-0.4, -0.2) is 21.8 Å². The largest absolute Gasteiger partial charge is 0.496 e. The number of hydrogen-bond donors (Lipinski definition) is 1. The van der Waals surface area contributed by atoms with Crippen LogP contribution in [0, 0.1) is 0 Å². The molecular weight excluding hydrogens is 284 g/mol. The van der Waals surface area contributed by atoms with Crippen molar-refractivity contribution in [1.82, 2.24) is 9.59 Å². The Kier molecular flexibility index (Phi) is 4.74. The molecule has 0 amide bonds. The van der Waals surface area contributed by atoms with Gasteiger partial charge in [0.1, 0.15) is 11.9 Å². The van der Waals surface area contributed by atoms with Crippen molar-refractivity contribution in [3.8, 4) is 5.75 Å². The Bertz CT molecular complexity index is 559. The third kappa shape index (κ3) is 3.05. The second-order valence-electron chi connectivity index (χ2n) is 4.12. The van der Waals surface area contributed by atoms with E-state index in [2.05, 4.69) is 16.5 Å². The van der Waals surface area contributed by atoms with Crippen LogP contribution in [0.1, 0.15) is 35.6 Å². The predicted molar refractivity (Wildman–Crippen MR) is 76.0 cm³/mol. The van der Waals surface area contributed by atoms with Crippen LogP contribution in [0.5, 0.6) is 5.75 Å². The van der Waals surface area contributed by atoms with Crippen molar-refractivity contribution >= 4 is 23.1 Å². The van der Waals surface area contributed by atoms with E-state index in [4.69, 9.17) is 16.3 Å². The number of ether oxygens (including phenoxy) is 1. The van der Waals surface area contributed by atoms with Gasteiger partial charge in [0, 0.05) is 10.6 Å². The molecule has 0 bridgehead atoms. The molecule has 0 aliphatic carbocycles. The van der Waals surface area contributed by atoms with Crippen LogP contribution in [0.4, 0.5) is 0 Å². The van der Waals surface area contributed by atoms with Crippen LogP contribution in [0.25, 0.3) is 0 Å². The van der Waals surface area contributed by atoms with Crippen LogP contribution in [-0.2, 0) is 6.42 Å². The van der Waals surface area contributed by atoms with Gasteiger partial charge in [-0.05, 0) is 36.2 Å². The number of aromatic nitrogens is 2. The number of nitrogens with zero attached hydrogens (tertiary/aromatic N) is 2. The summed E-state index contributed by atoms with van der Waals surface area (Å²) < 4.78 is 9.19. The lowest BCUT2D eigenvalue weighted by Gasteiger charge is -2.14. The highest BCUT2D eigenvalue weighted by Gasteiger charge is 2.21. The molecule has 2 aromatic rings. The third-order valence-electron chi connectivity index (χ3n) is 2.81. The molecule has 102 valence electrons. The molecular formula is C13H15ClN2O2S. The van der Waals surface area contributed by atoms with Crippen molar-refractivity contribution in [1.29, 1.82) is 0 Å². The van der Waals surface area contributed by atoms with Gasteiger partial charge in [0.05, 0.1) is 17.7 Å². The van der Waals surface area contributed by atoms with E-state index in [-0.39, 0.29) is 0 Å². The number of aliphatic hydroxyl groups excluding tert-OH is 1. The fourth-order valence-electron chi connectivity index (χ4n) is 1.89. The van der Waals surface area contributed by atoms with Gasteiger partial charge in [-0.15, -0.1) is 5.10 Å². The minimum atomic E-state index is -0.810. The Morgan fingerprint density at radius 1 is 1.47 bits per heavy atom. The molecule has 6 heteroatoms. The summed E-state index contributed by atoms with van der Waals surface area (Å²) in [5.41, 5.74) is 1.47. The number of halogens is 1. The Morgan fingerprint density at radius 2 is 2.26 bits per heavy atom. The fourth-order valence-corrected chi connectivity index (χ4v) is 2.78. The number of rotatable bonds is 5. The van der Waals surface area contributed by atoms with E-state index in [1.165, 1.54) is 11.5 Å². The van der Waals surface area contributed by atoms with Crippen molar-refractivity contribution in [2.45, 2.75) is 25.9 Å². The SMILES string of the molecule is CCCc1nnsc1C(O)c1cc(Cl)ccc1OC. The topological polar surface area (TPSA) is 55.2 Å². The van der Waals surface area contributed by atoms with Crippen LogP contribution < -0.4 is 4.74 Å². The monoisotopic (exact) mass is 298 g/mol. The molecule has 1 unspecified atom stereocenters. The molecule has 0 saturated heterocycles. The Balaban J connectivity index is 2.40. The first-order chi connectivity index (χ1) is 9.17. The number of hydrogen-bond acceptors (Lipinski definition) is 5. The Labute approximate surface area is 121 Å². The van der Waals surface area contributed by atoms with Crippen molar-refractivity contribution < 1.29 is 9.84 Å². The van der Waals surface area contributed by atoms with Gasteiger partial charge in [-0.25, -0.2) is 0 Å². The maximum atomic E-state index is 10.5. The van der Waals surface area contributed by atoms with Crippen LogP contribution in [0.3, 0.4) is 0 Å². The molecule has 4 nitrogen and oxygen atoms in total. The maximum absolute atomic E-state index is 10.5. The molecule has 2 rings (SSSR count). The molecule has 1 atom stereocenters. The van der Waals surface area contributed by atoms with Crippen molar-refractivity contribution in [2.75, 3.05) is 7.11 Å². The van der Waals surface area contributed by atoms with Gasteiger partial charge in [0.2, 0.25) is 0 Å². The molecule has 0 saturated carbocycles. The molecule has 1 N–H and O–H groups in total. The van der Waals surface area contributed by atoms with E-state index in [9.17, 15) is 5.11 Å². The smallest absolute Gasteiger partial charge is 0.125 e. The zero-order chi connectivity index (χ0) is 13.8. The van der Waals surface area contributed by atoms with Gasteiger partial charge in [-0.3, -0.25) is 0 Å². The van der Waals surface area contributed by atoms with Gasteiger partial charge < -0.3 is 9.84 Å². The summed E-state index contributed by atoms with van der Waals surface area (Å²) in [6, 6.07) is 5.18. The van der Waals surface area contributed by atoms with Gasteiger partial charge in [0.25, 0.3) is 0 Å². The number of methoxy groups -OCH3 is 1. The summed E-state index contributed by atoms with van der Waals surface area (Å²) in [6.45, 7) is 2.06. The highest BCUT2D eigenvalue weighted by molar-refractivity contribution is 7.05. The first-order valence-corrected chi connectivity index (χ1v) is 7.15.